The Morgan fingerprint density at radius 2 is 2.00 bits per heavy atom. The van der Waals surface area contributed by atoms with Gasteiger partial charge in [0.1, 0.15) is 17.3 Å². The Morgan fingerprint density at radius 3 is 2.71 bits per heavy atom. The second-order valence-corrected chi connectivity index (χ2v) is 4.88. The number of hydrogen-bond acceptors (Lipinski definition) is 6. The minimum absolute atomic E-state index is 0.532. The first-order valence-corrected chi connectivity index (χ1v) is 6.87. The third-order valence-corrected chi connectivity index (χ3v) is 3.24. The van der Waals surface area contributed by atoms with E-state index in [1.165, 1.54) is 12.8 Å². The summed E-state index contributed by atoms with van der Waals surface area (Å²) in [5, 5.41) is 6.51. The molecule has 0 atom stereocenters. The number of hydrogen-bond donors (Lipinski definition) is 2. The van der Waals surface area contributed by atoms with E-state index >= 15 is 0 Å². The van der Waals surface area contributed by atoms with Gasteiger partial charge in [0.05, 0.1) is 19.9 Å². The highest BCUT2D eigenvalue weighted by Gasteiger charge is 2.21. The molecule has 3 rings (SSSR count). The Morgan fingerprint density at radius 1 is 1.14 bits per heavy atom. The molecule has 0 bridgehead atoms. The number of nitrogens with one attached hydrogen (secondary N) is 2. The summed E-state index contributed by atoms with van der Waals surface area (Å²) in [5.41, 5.74) is 0.793. The van der Waals surface area contributed by atoms with Crippen molar-refractivity contribution in [3.05, 3.63) is 30.5 Å². The summed E-state index contributed by atoms with van der Waals surface area (Å²) in [7, 11) is 3.24. The predicted octanol–water partition coefficient (Wildman–Crippen LogP) is 2.81. The maximum Gasteiger partial charge on any atom is 0.229 e. The number of nitrogens with zero attached hydrogens (tertiary/aromatic N) is 2. The van der Waals surface area contributed by atoms with Gasteiger partial charge in [-0.15, -0.1) is 0 Å². The smallest absolute Gasteiger partial charge is 0.229 e. The van der Waals surface area contributed by atoms with Crippen LogP contribution < -0.4 is 20.1 Å². The van der Waals surface area contributed by atoms with Crippen LogP contribution in [0.25, 0.3) is 0 Å². The second kappa shape index (κ2) is 5.87. The quantitative estimate of drug-likeness (QED) is 0.851. The molecule has 1 saturated carbocycles. The Balaban J connectivity index is 1.79. The van der Waals surface area contributed by atoms with Gasteiger partial charge in [0.2, 0.25) is 5.95 Å². The molecule has 110 valence electrons. The standard InChI is InChI=1S/C15H18N4O2/c1-20-11-5-6-12(13(9-11)21-2)18-15-16-8-7-14(19-15)17-10-3-4-10/h5-10H,3-4H2,1-2H3,(H2,16,17,18,19). The van der Waals surface area contributed by atoms with E-state index in [9.17, 15) is 0 Å². The van der Waals surface area contributed by atoms with Gasteiger partial charge in [0, 0.05) is 18.3 Å². The Hall–Kier alpha value is -2.50. The van der Waals surface area contributed by atoms with Crippen molar-refractivity contribution in [3.63, 3.8) is 0 Å². The molecule has 0 saturated heterocycles. The number of benzene rings is 1. The largest absolute Gasteiger partial charge is 0.497 e. The molecular formula is C15H18N4O2. The molecule has 0 radical (unpaired) electrons. The Kier molecular flexibility index (Phi) is 3.77. The first-order valence-electron chi connectivity index (χ1n) is 6.87. The fourth-order valence-electron chi connectivity index (χ4n) is 1.96. The van der Waals surface area contributed by atoms with Crippen molar-refractivity contribution in [2.24, 2.45) is 0 Å². The van der Waals surface area contributed by atoms with Crippen molar-refractivity contribution in [3.8, 4) is 11.5 Å². The van der Waals surface area contributed by atoms with E-state index in [1.807, 2.05) is 24.3 Å². The lowest BCUT2D eigenvalue weighted by Gasteiger charge is -2.12. The molecule has 1 heterocycles. The summed E-state index contributed by atoms with van der Waals surface area (Å²) in [6.07, 6.45) is 4.15. The zero-order chi connectivity index (χ0) is 14.7. The van der Waals surface area contributed by atoms with Crippen LogP contribution in [0.2, 0.25) is 0 Å². The Bertz CT molecular complexity index is 629. The van der Waals surface area contributed by atoms with Gasteiger partial charge in [-0.05, 0) is 31.0 Å². The number of ether oxygens (including phenoxy) is 2. The van der Waals surface area contributed by atoms with E-state index in [4.69, 9.17) is 9.47 Å². The predicted molar refractivity (Wildman–Crippen MR) is 81.5 cm³/mol. The van der Waals surface area contributed by atoms with Crippen LogP contribution in [-0.2, 0) is 0 Å². The first kappa shape index (κ1) is 13.5. The zero-order valence-electron chi connectivity index (χ0n) is 12.1. The SMILES string of the molecule is COc1ccc(Nc2nccc(NC3CC3)n2)c(OC)c1. The third-order valence-electron chi connectivity index (χ3n) is 3.24. The number of anilines is 3. The van der Waals surface area contributed by atoms with Crippen molar-refractivity contribution in [1.82, 2.24) is 9.97 Å². The van der Waals surface area contributed by atoms with Crippen LogP contribution in [0.5, 0.6) is 11.5 Å². The monoisotopic (exact) mass is 286 g/mol. The van der Waals surface area contributed by atoms with Crippen LogP contribution in [0.1, 0.15) is 12.8 Å². The van der Waals surface area contributed by atoms with Crippen molar-refractivity contribution in [2.75, 3.05) is 24.9 Å². The third kappa shape index (κ3) is 3.34. The molecule has 2 N–H and O–H groups in total. The summed E-state index contributed by atoms with van der Waals surface area (Å²) in [5.74, 6) is 2.78. The summed E-state index contributed by atoms with van der Waals surface area (Å²) >= 11 is 0. The molecule has 1 aromatic heterocycles. The highest BCUT2D eigenvalue weighted by atomic mass is 16.5. The van der Waals surface area contributed by atoms with Gasteiger partial charge in [-0.2, -0.15) is 4.98 Å². The summed E-state index contributed by atoms with van der Waals surface area (Å²) in [6.45, 7) is 0. The van der Waals surface area contributed by atoms with E-state index < -0.39 is 0 Å². The second-order valence-electron chi connectivity index (χ2n) is 4.88. The molecule has 1 aliphatic rings. The van der Waals surface area contributed by atoms with Crippen LogP contribution in [0.15, 0.2) is 30.5 Å². The summed E-state index contributed by atoms with van der Waals surface area (Å²) < 4.78 is 10.5. The van der Waals surface area contributed by atoms with E-state index in [0.29, 0.717) is 17.7 Å². The van der Waals surface area contributed by atoms with Gasteiger partial charge in [-0.1, -0.05) is 0 Å². The van der Waals surface area contributed by atoms with E-state index in [0.717, 1.165) is 17.3 Å². The van der Waals surface area contributed by atoms with Gasteiger partial charge in [0.15, 0.2) is 0 Å². The molecule has 2 aromatic rings. The molecular weight excluding hydrogens is 268 g/mol. The molecule has 1 aromatic carbocycles. The molecule has 0 spiro atoms. The highest BCUT2D eigenvalue weighted by Crippen LogP contribution is 2.31. The number of rotatable bonds is 6. The lowest BCUT2D eigenvalue weighted by molar-refractivity contribution is 0.395. The molecule has 21 heavy (non-hydrogen) atoms. The van der Waals surface area contributed by atoms with Crippen LogP contribution in [0.4, 0.5) is 17.5 Å². The highest BCUT2D eigenvalue weighted by molar-refractivity contribution is 5.64. The minimum Gasteiger partial charge on any atom is -0.497 e. The fraction of sp³-hybridized carbons (Fsp3) is 0.333. The first-order chi connectivity index (χ1) is 10.3. The lowest BCUT2D eigenvalue weighted by atomic mass is 10.2. The van der Waals surface area contributed by atoms with Crippen molar-refractivity contribution >= 4 is 17.5 Å². The maximum absolute atomic E-state index is 5.35. The van der Waals surface area contributed by atoms with Crippen LogP contribution in [0, 0.1) is 0 Å². The number of methoxy groups -OCH3 is 2. The van der Waals surface area contributed by atoms with Crippen LogP contribution in [0.3, 0.4) is 0 Å². The van der Waals surface area contributed by atoms with E-state index in [2.05, 4.69) is 20.6 Å². The summed E-state index contributed by atoms with van der Waals surface area (Å²) in [4.78, 5) is 8.68. The molecule has 1 fully saturated rings. The van der Waals surface area contributed by atoms with Gasteiger partial charge < -0.3 is 20.1 Å². The van der Waals surface area contributed by atoms with Gasteiger partial charge >= 0.3 is 0 Å². The molecule has 1 aliphatic carbocycles. The Labute approximate surface area is 123 Å². The lowest BCUT2D eigenvalue weighted by Crippen LogP contribution is -2.05. The van der Waals surface area contributed by atoms with Crippen LogP contribution >= 0.6 is 0 Å². The molecule has 0 aliphatic heterocycles. The van der Waals surface area contributed by atoms with E-state index in [-0.39, 0.29) is 0 Å². The van der Waals surface area contributed by atoms with Crippen molar-refractivity contribution < 1.29 is 9.47 Å². The topological polar surface area (TPSA) is 68.3 Å². The average molecular weight is 286 g/mol. The molecule has 6 heteroatoms. The van der Waals surface area contributed by atoms with Crippen molar-refractivity contribution in [1.29, 1.82) is 0 Å². The normalized spacial score (nSPS) is 13.6. The molecule has 6 nitrogen and oxygen atoms in total. The van der Waals surface area contributed by atoms with E-state index in [1.54, 1.807) is 20.4 Å². The molecule has 0 unspecified atom stereocenters. The van der Waals surface area contributed by atoms with Gasteiger partial charge in [-0.25, -0.2) is 4.98 Å². The average Bonchev–Trinajstić information content (AvgIpc) is 3.32. The number of aromatic nitrogens is 2. The van der Waals surface area contributed by atoms with Crippen molar-refractivity contribution in [2.45, 2.75) is 18.9 Å². The minimum atomic E-state index is 0.532. The van der Waals surface area contributed by atoms with Gasteiger partial charge in [-0.3, -0.25) is 0 Å². The fourth-order valence-corrected chi connectivity index (χ4v) is 1.96. The summed E-state index contributed by atoms with van der Waals surface area (Å²) in [6, 6.07) is 7.98. The molecule has 0 amide bonds. The van der Waals surface area contributed by atoms with Gasteiger partial charge in [0.25, 0.3) is 0 Å². The zero-order valence-corrected chi connectivity index (χ0v) is 12.1. The maximum atomic E-state index is 5.35. The van der Waals surface area contributed by atoms with Crippen LogP contribution in [-0.4, -0.2) is 30.2 Å².